The number of aliphatic carboxylic acids is 1. The van der Waals surface area contributed by atoms with E-state index in [4.69, 9.17) is 12.2 Å². The van der Waals surface area contributed by atoms with Crippen molar-refractivity contribution in [3.05, 3.63) is 0 Å². The third kappa shape index (κ3) is 7.29. The van der Waals surface area contributed by atoms with Crippen molar-refractivity contribution in [3.63, 3.8) is 0 Å². The smallest absolute Gasteiger partial charge is 0.325 e. The van der Waals surface area contributed by atoms with Crippen molar-refractivity contribution in [2.75, 3.05) is 6.54 Å². The van der Waals surface area contributed by atoms with Gasteiger partial charge in [-0.1, -0.05) is 71.5 Å². The van der Waals surface area contributed by atoms with Gasteiger partial charge in [-0.05, 0) is 19.3 Å². The number of rotatable bonds is 13. The van der Waals surface area contributed by atoms with E-state index < -0.39 is 11.5 Å². The summed E-state index contributed by atoms with van der Waals surface area (Å²) in [5, 5.41) is 11.8. The number of carbonyl (C=O) groups is 1. The summed E-state index contributed by atoms with van der Waals surface area (Å²) in [6, 6.07) is 0. The maximum atomic E-state index is 12.1. The van der Waals surface area contributed by atoms with Gasteiger partial charge in [0.1, 0.15) is 9.86 Å². The Kier molecular flexibility index (Phi) is 12.0. The predicted octanol–water partition coefficient (Wildman–Crippen LogP) is 4.40. The molecule has 0 aliphatic rings. The zero-order valence-corrected chi connectivity index (χ0v) is 15.9. The van der Waals surface area contributed by atoms with Crippen LogP contribution >= 0.6 is 24.8 Å². The van der Waals surface area contributed by atoms with Crippen molar-refractivity contribution in [2.24, 2.45) is 0 Å². The summed E-state index contributed by atoms with van der Waals surface area (Å²) in [5.41, 5.74) is 2.13. The SMILES string of the molecule is CCCCCN(NC(=S)S)C(CCCC)(CCCC)C(=O)O. The van der Waals surface area contributed by atoms with Gasteiger partial charge in [0.15, 0.2) is 0 Å². The highest BCUT2D eigenvalue weighted by Gasteiger charge is 2.43. The fraction of sp³-hybridized carbons (Fsp3) is 0.875. The summed E-state index contributed by atoms with van der Waals surface area (Å²) in [6.07, 6.45) is 8.14. The van der Waals surface area contributed by atoms with Crippen LogP contribution in [0.15, 0.2) is 0 Å². The second-order valence-corrected chi connectivity index (χ2v) is 6.98. The fourth-order valence-electron chi connectivity index (χ4n) is 2.67. The summed E-state index contributed by atoms with van der Waals surface area (Å²) in [5.74, 6) is -0.761. The van der Waals surface area contributed by atoms with Crippen LogP contribution in [0.1, 0.15) is 78.6 Å². The first kappa shape index (κ1) is 21.7. The second kappa shape index (κ2) is 12.1. The molecule has 6 heteroatoms. The lowest BCUT2D eigenvalue weighted by Crippen LogP contribution is -2.61. The van der Waals surface area contributed by atoms with E-state index in [0.717, 1.165) is 44.9 Å². The van der Waals surface area contributed by atoms with Crippen LogP contribution in [0.5, 0.6) is 0 Å². The summed E-state index contributed by atoms with van der Waals surface area (Å²) < 4.78 is 0.329. The Balaban J connectivity index is 5.34. The molecule has 2 N–H and O–H groups in total. The third-order valence-corrected chi connectivity index (χ3v) is 4.21. The van der Waals surface area contributed by atoms with Crippen molar-refractivity contribution in [1.82, 2.24) is 10.4 Å². The number of nitrogens with zero attached hydrogens (tertiary/aromatic N) is 1. The maximum Gasteiger partial charge on any atom is 0.325 e. The highest BCUT2D eigenvalue weighted by Crippen LogP contribution is 2.29. The minimum Gasteiger partial charge on any atom is -0.480 e. The molecular weight excluding hydrogens is 316 g/mol. The molecule has 0 heterocycles. The molecule has 0 fully saturated rings. The van der Waals surface area contributed by atoms with Crippen molar-refractivity contribution >= 4 is 35.1 Å². The Morgan fingerprint density at radius 2 is 1.59 bits per heavy atom. The Bertz CT molecular complexity index is 330. The Labute approximate surface area is 146 Å². The standard InChI is InChI=1S/C16H32N2O2S2/c1-4-7-10-13-18(17-15(21)22)16(14(19)20,11-8-5-2)12-9-6-3/h4-13H2,1-3H3,(H,19,20)(H2,17,21,22). The molecule has 0 bridgehead atoms. The van der Waals surface area contributed by atoms with Crippen molar-refractivity contribution < 1.29 is 9.90 Å². The lowest BCUT2D eigenvalue weighted by molar-refractivity contribution is -0.155. The number of carboxylic acid groups (broad SMARTS) is 1. The van der Waals surface area contributed by atoms with Gasteiger partial charge < -0.3 is 10.5 Å². The van der Waals surface area contributed by atoms with E-state index in [9.17, 15) is 9.90 Å². The lowest BCUT2D eigenvalue weighted by atomic mass is 9.86. The highest BCUT2D eigenvalue weighted by molar-refractivity contribution is 8.11. The summed E-state index contributed by atoms with van der Waals surface area (Å²) in [7, 11) is 0. The molecule has 0 rings (SSSR count). The van der Waals surface area contributed by atoms with Gasteiger partial charge in [-0.15, -0.1) is 12.6 Å². The van der Waals surface area contributed by atoms with Crippen molar-refractivity contribution in [2.45, 2.75) is 84.1 Å². The molecule has 0 radical (unpaired) electrons. The number of hydrogen-bond acceptors (Lipinski definition) is 3. The molecule has 0 saturated carbocycles. The summed E-state index contributed by atoms with van der Waals surface area (Å²) in [4.78, 5) is 12.1. The van der Waals surface area contributed by atoms with Gasteiger partial charge in [0.05, 0.1) is 0 Å². The van der Waals surface area contributed by atoms with Crippen LogP contribution in [0.4, 0.5) is 0 Å². The number of thiocarbonyl (C=S) groups is 1. The molecule has 0 saturated heterocycles. The van der Waals surface area contributed by atoms with Crippen molar-refractivity contribution in [3.8, 4) is 0 Å². The molecule has 0 aliphatic heterocycles. The molecule has 0 aromatic heterocycles. The maximum absolute atomic E-state index is 12.1. The molecule has 0 unspecified atom stereocenters. The molecular formula is C16H32N2O2S2. The van der Waals surface area contributed by atoms with E-state index in [-0.39, 0.29) is 0 Å². The largest absolute Gasteiger partial charge is 0.480 e. The van der Waals surface area contributed by atoms with E-state index in [1.165, 1.54) is 0 Å². The van der Waals surface area contributed by atoms with Gasteiger partial charge in [-0.3, -0.25) is 4.79 Å². The van der Waals surface area contributed by atoms with Crippen LogP contribution in [-0.4, -0.2) is 32.5 Å². The molecule has 0 amide bonds. The predicted molar refractivity (Wildman–Crippen MR) is 100 cm³/mol. The average molecular weight is 349 g/mol. The number of nitrogens with one attached hydrogen (secondary N) is 1. The average Bonchev–Trinajstić information content (AvgIpc) is 2.46. The van der Waals surface area contributed by atoms with Crippen LogP contribution in [0, 0.1) is 0 Å². The number of unbranched alkanes of at least 4 members (excludes halogenated alkanes) is 4. The van der Waals surface area contributed by atoms with E-state index in [0.29, 0.717) is 23.7 Å². The Morgan fingerprint density at radius 1 is 1.09 bits per heavy atom. The normalized spacial score (nSPS) is 11.7. The van der Waals surface area contributed by atoms with E-state index in [1.54, 1.807) is 0 Å². The van der Waals surface area contributed by atoms with E-state index >= 15 is 0 Å². The summed E-state index contributed by atoms with van der Waals surface area (Å²) >= 11 is 9.20. The quantitative estimate of drug-likeness (QED) is 0.199. The lowest BCUT2D eigenvalue weighted by Gasteiger charge is -2.41. The van der Waals surface area contributed by atoms with Crippen LogP contribution in [-0.2, 0) is 4.79 Å². The molecule has 130 valence electrons. The number of hydrogen-bond donors (Lipinski definition) is 3. The number of hydrazine groups is 1. The van der Waals surface area contributed by atoms with Crippen LogP contribution in [0.2, 0.25) is 0 Å². The first-order valence-electron chi connectivity index (χ1n) is 8.45. The molecule has 4 nitrogen and oxygen atoms in total. The van der Waals surface area contributed by atoms with Crippen LogP contribution in [0.25, 0.3) is 0 Å². The minimum atomic E-state index is -0.896. The minimum absolute atomic E-state index is 0.329. The number of carboxylic acids is 1. The Morgan fingerprint density at radius 3 is 1.95 bits per heavy atom. The fourth-order valence-corrected chi connectivity index (χ4v) is 2.91. The van der Waals surface area contributed by atoms with Gasteiger partial charge in [0, 0.05) is 6.54 Å². The van der Waals surface area contributed by atoms with Gasteiger partial charge in [0.2, 0.25) is 0 Å². The first-order valence-corrected chi connectivity index (χ1v) is 9.30. The van der Waals surface area contributed by atoms with E-state index in [1.807, 2.05) is 5.01 Å². The molecule has 0 spiro atoms. The topological polar surface area (TPSA) is 52.6 Å². The zero-order valence-electron chi connectivity index (χ0n) is 14.2. The molecule has 0 atom stereocenters. The molecule has 0 aromatic carbocycles. The van der Waals surface area contributed by atoms with Crippen LogP contribution < -0.4 is 5.43 Å². The van der Waals surface area contributed by atoms with Crippen molar-refractivity contribution in [1.29, 1.82) is 0 Å². The van der Waals surface area contributed by atoms with Gasteiger partial charge in [0.25, 0.3) is 0 Å². The molecule has 22 heavy (non-hydrogen) atoms. The van der Waals surface area contributed by atoms with Gasteiger partial charge in [-0.2, -0.15) is 0 Å². The van der Waals surface area contributed by atoms with Gasteiger partial charge in [-0.25, -0.2) is 5.01 Å². The van der Waals surface area contributed by atoms with E-state index in [2.05, 4.69) is 38.8 Å². The molecule has 0 aromatic rings. The highest BCUT2D eigenvalue weighted by atomic mass is 32.1. The Hall–Kier alpha value is -0.330. The second-order valence-electron chi connectivity index (χ2n) is 5.82. The summed E-state index contributed by atoms with van der Waals surface area (Å²) in [6.45, 7) is 6.99. The number of thiol groups is 1. The zero-order chi connectivity index (χ0) is 17.0. The first-order chi connectivity index (χ1) is 10.4. The van der Waals surface area contributed by atoms with Crippen LogP contribution in [0.3, 0.4) is 0 Å². The van der Waals surface area contributed by atoms with Gasteiger partial charge >= 0.3 is 5.97 Å². The molecule has 0 aliphatic carbocycles. The monoisotopic (exact) mass is 348 g/mol. The third-order valence-electron chi connectivity index (χ3n) is 4.02.